The second kappa shape index (κ2) is 55.4. The van der Waals surface area contributed by atoms with Gasteiger partial charge in [-0.2, -0.15) is 0 Å². The highest BCUT2D eigenvalue weighted by Gasteiger charge is 2.44. The van der Waals surface area contributed by atoms with E-state index in [0.29, 0.717) is 19.3 Å². The Kier molecular flexibility index (Phi) is 51.9. The minimum absolute atomic E-state index is 0.161. The number of allylic oxidation sites excluding steroid dienone is 16. The van der Waals surface area contributed by atoms with Crippen molar-refractivity contribution in [3.05, 3.63) is 97.2 Å². The van der Waals surface area contributed by atoms with Crippen molar-refractivity contribution in [3.8, 4) is 0 Å². The molecule has 1 saturated heterocycles. The molecule has 7 atom stereocenters. The van der Waals surface area contributed by atoms with Crippen molar-refractivity contribution in [1.29, 1.82) is 0 Å². The van der Waals surface area contributed by atoms with Crippen LogP contribution >= 0.6 is 0 Å². The lowest BCUT2D eigenvalue weighted by atomic mass is 9.99. The SMILES string of the molecule is CC/C=C\C/C=C\C/C=C\C/C=C\C/C=C\C/C=C\C/C=C\C/C=C\CCCCC(=O)NC(COC1OC(CO)C(O)C(O)C1O)C(O)CCCCCCCCCCCCCCCCCCCCCCCCCCCC. The summed E-state index contributed by atoms with van der Waals surface area (Å²) in [5, 5.41) is 54.8. The van der Waals surface area contributed by atoms with Gasteiger partial charge in [0, 0.05) is 6.42 Å². The Balaban J connectivity index is 2.23. The van der Waals surface area contributed by atoms with Crippen LogP contribution in [0.5, 0.6) is 0 Å². The van der Waals surface area contributed by atoms with Crippen LogP contribution in [0.3, 0.4) is 0 Å². The van der Waals surface area contributed by atoms with Crippen LogP contribution in [0.1, 0.15) is 264 Å². The number of amides is 1. The molecule has 1 rings (SSSR count). The number of ether oxygens (including phenoxy) is 2. The molecule has 0 saturated carbocycles. The number of unbranched alkanes of at least 4 members (excludes halogenated alkanes) is 27. The van der Waals surface area contributed by atoms with E-state index in [4.69, 9.17) is 9.47 Å². The summed E-state index contributed by atoms with van der Waals surface area (Å²) in [7, 11) is 0. The summed E-state index contributed by atoms with van der Waals surface area (Å²) in [6.07, 6.45) is 73.0. The molecule has 0 aromatic heterocycles. The minimum Gasteiger partial charge on any atom is -0.394 e. The number of aliphatic hydroxyl groups is 5. The fourth-order valence-corrected chi connectivity index (χ4v) is 9.53. The van der Waals surface area contributed by atoms with Gasteiger partial charge in [-0.05, 0) is 77.0 Å². The molecular weight excluding hydrogens is 947 g/mol. The zero-order chi connectivity index (χ0) is 55.0. The number of hydrogen-bond donors (Lipinski definition) is 6. The van der Waals surface area contributed by atoms with Crippen molar-refractivity contribution in [3.63, 3.8) is 0 Å². The maximum atomic E-state index is 13.1. The Hall–Kier alpha value is -2.89. The molecule has 1 aliphatic heterocycles. The number of hydrogen-bond acceptors (Lipinski definition) is 8. The van der Waals surface area contributed by atoms with E-state index in [1.54, 1.807) is 0 Å². The number of carbonyl (C=O) groups excluding carboxylic acids is 1. The van der Waals surface area contributed by atoms with Gasteiger partial charge in [-0.25, -0.2) is 0 Å². The average molecular weight is 1060 g/mol. The molecule has 438 valence electrons. The highest BCUT2D eigenvalue weighted by Crippen LogP contribution is 2.23. The van der Waals surface area contributed by atoms with Crippen molar-refractivity contribution < 1.29 is 39.8 Å². The first-order chi connectivity index (χ1) is 37.3. The van der Waals surface area contributed by atoms with Crippen LogP contribution < -0.4 is 5.32 Å². The zero-order valence-electron chi connectivity index (χ0n) is 48.7. The summed E-state index contributed by atoms with van der Waals surface area (Å²) < 4.78 is 11.3. The van der Waals surface area contributed by atoms with E-state index in [2.05, 4.69) is 116 Å². The van der Waals surface area contributed by atoms with Crippen molar-refractivity contribution in [2.75, 3.05) is 13.2 Å². The summed E-state index contributed by atoms with van der Waals surface area (Å²) in [5.74, 6) is -0.187. The van der Waals surface area contributed by atoms with Gasteiger partial charge in [0.25, 0.3) is 0 Å². The second-order valence-electron chi connectivity index (χ2n) is 21.5. The minimum atomic E-state index is -1.57. The lowest BCUT2D eigenvalue weighted by molar-refractivity contribution is -0.302. The van der Waals surface area contributed by atoms with Crippen LogP contribution in [0.2, 0.25) is 0 Å². The van der Waals surface area contributed by atoms with Crippen molar-refractivity contribution in [2.24, 2.45) is 0 Å². The third kappa shape index (κ3) is 44.0. The molecule has 9 nitrogen and oxygen atoms in total. The summed E-state index contributed by atoms with van der Waals surface area (Å²) in [6, 6.07) is -0.751. The van der Waals surface area contributed by atoms with Crippen LogP contribution in [0.15, 0.2) is 97.2 Å². The van der Waals surface area contributed by atoms with Crippen molar-refractivity contribution in [2.45, 2.75) is 307 Å². The van der Waals surface area contributed by atoms with Gasteiger partial charge in [0.2, 0.25) is 5.91 Å². The summed E-state index contributed by atoms with van der Waals surface area (Å²) in [6.45, 7) is 3.72. The van der Waals surface area contributed by atoms with E-state index < -0.39 is 49.5 Å². The lowest BCUT2D eigenvalue weighted by Crippen LogP contribution is -2.60. The average Bonchev–Trinajstić information content (AvgIpc) is 3.42. The van der Waals surface area contributed by atoms with Gasteiger partial charge in [0.1, 0.15) is 24.4 Å². The second-order valence-corrected chi connectivity index (χ2v) is 21.5. The van der Waals surface area contributed by atoms with Crippen LogP contribution in [-0.2, 0) is 14.3 Å². The van der Waals surface area contributed by atoms with Crippen LogP contribution in [-0.4, -0.2) is 87.5 Å². The number of carbonyl (C=O) groups is 1. The molecule has 6 N–H and O–H groups in total. The highest BCUT2D eigenvalue weighted by atomic mass is 16.7. The monoisotopic (exact) mass is 1060 g/mol. The van der Waals surface area contributed by atoms with E-state index >= 15 is 0 Å². The Bertz CT molecular complexity index is 1510. The fraction of sp³-hybridized carbons (Fsp3) is 0.746. The standard InChI is InChI=1S/C67H117NO8/c1-3-5-7-9-11-13-15-17-19-21-23-25-27-29-31-33-35-37-39-41-43-45-47-49-51-53-55-57-63(71)68-60(59-75-67-66(74)65(73)64(72)62(58-69)76-67)61(70)56-54-52-50-48-46-44-42-40-38-36-34-32-30-28-26-24-22-20-18-16-14-12-10-8-6-4-2/h5,7,11,13,17,19,23,25,29,31,35,37,41,43,47,49,60-62,64-67,69-70,72-74H,3-4,6,8-10,12,14-16,18,20-22,24,26-28,30,32-34,36,38-40,42,44-46,48,50-59H2,1-2H3,(H,68,71)/b7-5-,13-11-,19-17-,25-23-,31-29-,37-35-,43-41-,49-47-. The first kappa shape index (κ1) is 71.1. The Morgan fingerprint density at radius 2 is 0.816 bits per heavy atom. The normalized spacial score (nSPS) is 19.5. The molecule has 1 aliphatic rings. The van der Waals surface area contributed by atoms with Gasteiger partial charge in [0.05, 0.1) is 25.4 Å². The zero-order valence-corrected chi connectivity index (χ0v) is 48.7. The Morgan fingerprint density at radius 1 is 0.461 bits per heavy atom. The molecule has 9 heteroatoms. The molecule has 1 heterocycles. The van der Waals surface area contributed by atoms with Gasteiger partial charge in [-0.1, -0.05) is 278 Å². The maximum absolute atomic E-state index is 13.1. The predicted molar refractivity (Wildman–Crippen MR) is 322 cm³/mol. The highest BCUT2D eigenvalue weighted by molar-refractivity contribution is 5.76. The lowest BCUT2D eigenvalue weighted by Gasteiger charge is -2.40. The molecule has 0 aliphatic carbocycles. The van der Waals surface area contributed by atoms with E-state index in [1.165, 1.54) is 148 Å². The van der Waals surface area contributed by atoms with Crippen LogP contribution in [0.4, 0.5) is 0 Å². The summed E-state index contributed by atoms with van der Waals surface area (Å²) >= 11 is 0. The first-order valence-corrected chi connectivity index (χ1v) is 31.4. The van der Waals surface area contributed by atoms with Crippen molar-refractivity contribution in [1.82, 2.24) is 5.32 Å². The number of aliphatic hydroxyl groups excluding tert-OH is 5. The smallest absolute Gasteiger partial charge is 0.220 e. The maximum Gasteiger partial charge on any atom is 0.220 e. The molecular formula is C67H117NO8. The summed E-state index contributed by atoms with van der Waals surface area (Å²) in [4.78, 5) is 13.1. The van der Waals surface area contributed by atoms with Crippen LogP contribution in [0, 0.1) is 0 Å². The Morgan fingerprint density at radius 3 is 1.18 bits per heavy atom. The largest absolute Gasteiger partial charge is 0.394 e. The Labute approximate surface area is 466 Å². The first-order valence-electron chi connectivity index (χ1n) is 31.4. The number of nitrogens with one attached hydrogen (secondary N) is 1. The topological polar surface area (TPSA) is 149 Å². The molecule has 1 amide bonds. The third-order valence-corrected chi connectivity index (χ3v) is 14.5. The molecule has 0 radical (unpaired) electrons. The van der Waals surface area contributed by atoms with E-state index in [1.807, 2.05) is 0 Å². The van der Waals surface area contributed by atoms with Gasteiger partial charge in [-0.15, -0.1) is 0 Å². The van der Waals surface area contributed by atoms with Gasteiger partial charge in [0.15, 0.2) is 6.29 Å². The van der Waals surface area contributed by atoms with E-state index in [9.17, 15) is 30.3 Å². The molecule has 7 unspecified atom stereocenters. The number of rotatable bonds is 53. The van der Waals surface area contributed by atoms with E-state index in [0.717, 1.165) is 83.5 Å². The molecule has 0 bridgehead atoms. The van der Waals surface area contributed by atoms with Crippen molar-refractivity contribution >= 4 is 5.91 Å². The molecule has 1 fully saturated rings. The molecule has 0 aromatic rings. The molecule has 76 heavy (non-hydrogen) atoms. The molecule has 0 spiro atoms. The predicted octanol–water partition coefficient (Wildman–Crippen LogP) is 16.4. The van der Waals surface area contributed by atoms with Gasteiger partial charge in [-0.3, -0.25) is 4.79 Å². The quantitative estimate of drug-likeness (QED) is 0.0261. The van der Waals surface area contributed by atoms with Gasteiger partial charge >= 0.3 is 0 Å². The van der Waals surface area contributed by atoms with Crippen LogP contribution in [0.25, 0.3) is 0 Å². The third-order valence-electron chi connectivity index (χ3n) is 14.5. The fourth-order valence-electron chi connectivity index (χ4n) is 9.53. The summed E-state index contributed by atoms with van der Waals surface area (Å²) in [5.41, 5.74) is 0. The van der Waals surface area contributed by atoms with E-state index in [-0.39, 0.29) is 12.5 Å². The van der Waals surface area contributed by atoms with Gasteiger partial charge < -0.3 is 40.3 Å². The molecule has 0 aromatic carbocycles.